The molecule has 1 unspecified atom stereocenters. The van der Waals surface area contributed by atoms with Gasteiger partial charge in [0.25, 0.3) is 5.69 Å². The first-order valence-corrected chi connectivity index (χ1v) is 6.56. The van der Waals surface area contributed by atoms with E-state index in [0.717, 1.165) is 24.3 Å². The van der Waals surface area contributed by atoms with Crippen molar-refractivity contribution in [1.82, 2.24) is 0 Å². The van der Waals surface area contributed by atoms with E-state index in [2.05, 4.69) is 6.58 Å². The molecule has 1 atom stereocenters. The van der Waals surface area contributed by atoms with E-state index in [9.17, 15) is 28.1 Å². The van der Waals surface area contributed by atoms with E-state index in [1.165, 1.54) is 20.8 Å². The fourth-order valence-corrected chi connectivity index (χ4v) is 1.84. The molecule has 1 aromatic carbocycles. The van der Waals surface area contributed by atoms with E-state index < -0.39 is 34.2 Å². The average molecular weight is 331 g/mol. The third kappa shape index (κ3) is 5.08. The summed E-state index contributed by atoms with van der Waals surface area (Å²) in [7, 11) is 0. The number of hydrogen-bond donors (Lipinski definition) is 0. The molecule has 0 N–H and O–H groups in total. The number of alkyl halides is 3. The highest BCUT2D eigenvalue weighted by molar-refractivity contribution is 5.90. The van der Waals surface area contributed by atoms with Gasteiger partial charge in [-0.15, -0.1) is 0 Å². The summed E-state index contributed by atoms with van der Waals surface area (Å²) < 4.78 is 44.8. The largest absolute Gasteiger partial charge is 0.457 e. The van der Waals surface area contributed by atoms with Crippen molar-refractivity contribution in [3.05, 3.63) is 52.1 Å². The Labute approximate surface area is 130 Å². The van der Waals surface area contributed by atoms with E-state index in [0.29, 0.717) is 0 Å². The fraction of sp³-hybridized carbons (Fsp3) is 0.400. The van der Waals surface area contributed by atoms with Crippen molar-refractivity contribution in [2.24, 2.45) is 0 Å². The first-order chi connectivity index (χ1) is 10.3. The lowest BCUT2D eigenvalue weighted by molar-refractivity contribution is -0.384. The molecule has 0 amide bonds. The zero-order valence-electron chi connectivity index (χ0n) is 12.8. The van der Waals surface area contributed by atoms with Crippen LogP contribution in [-0.4, -0.2) is 22.7 Å². The summed E-state index contributed by atoms with van der Waals surface area (Å²) in [5.41, 5.74) is -2.41. The van der Waals surface area contributed by atoms with Gasteiger partial charge in [0.2, 0.25) is 0 Å². The highest BCUT2D eigenvalue weighted by Gasteiger charge is 2.45. The Morgan fingerprint density at radius 1 is 1.22 bits per heavy atom. The van der Waals surface area contributed by atoms with Gasteiger partial charge in [-0.3, -0.25) is 10.1 Å². The maximum absolute atomic E-state index is 13.3. The van der Waals surface area contributed by atoms with Gasteiger partial charge in [0.05, 0.1) is 4.92 Å². The minimum atomic E-state index is -4.79. The Balaban J connectivity index is 3.18. The normalized spacial score (nSPS) is 13.3. The van der Waals surface area contributed by atoms with Crippen LogP contribution in [0.25, 0.3) is 0 Å². The van der Waals surface area contributed by atoms with Crippen LogP contribution in [-0.2, 0) is 9.53 Å². The van der Waals surface area contributed by atoms with Gasteiger partial charge >= 0.3 is 12.1 Å². The molecule has 0 fully saturated rings. The number of carbonyl (C=O) groups is 1. The Morgan fingerprint density at radius 3 is 2.04 bits per heavy atom. The van der Waals surface area contributed by atoms with Crippen LogP contribution < -0.4 is 0 Å². The number of esters is 1. The molecule has 126 valence electrons. The predicted molar refractivity (Wildman–Crippen MR) is 76.9 cm³/mol. The molecular weight excluding hydrogens is 315 g/mol. The number of halogens is 3. The quantitative estimate of drug-likeness (QED) is 0.360. The molecule has 0 spiro atoms. The Morgan fingerprint density at radius 2 is 1.70 bits per heavy atom. The second-order valence-electron chi connectivity index (χ2n) is 5.85. The molecule has 0 aliphatic rings. The van der Waals surface area contributed by atoms with Crippen LogP contribution >= 0.6 is 0 Å². The lowest BCUT2D eigenvalue weighted by atomic mass is 9.91. The SMILES string of the molecule is C=C(C(=O)OC(C)(C)C)C(c1ccc([N+](=O)[O-])cc1)C(F)(F)F. The molecule has 23 heavy (non-hydrogen) atoms. The molecule has 0 heterocycles. The minimum absolute atomic E-state index is 0.320. The van der Waals surface area contributed by atoms with Crippen molar-refractivity contribution in [2.45, 2.75) is 38.5 Å². The first-order valence-electron chi connectivity index (χ1n) is 6.56. The minimum Gasteiger partial charge on any atom is -0.457 e. The third-order valence-corrected chi connectivity index (χ3v) is 2.77. The lowest BCUT2D eigenvalue weighted by Crippen LogP contribution is -2.31. The molecule has 0 bridgehead atoms. The van der Waals surface area contributed by atoms with Gasteiger partial charge in [-0.2, -0.15) is 13.2 Å². The molecule has 0 saturated heterocycles. The van der Waals surface area contributed by atoms with Crippen LogP contribution in [0.4, 0.5) is 18.9 Å². The van der Waals surface area contributed by atoms with E-state index in [-0.39, 0.29) is 11.3 Å². The number of nitro benzene ring substituents is 1. The molecule has 0 aliphatic carbocycles. The van der Waals surface area contributed by atoms with Crippen molar-refractivity contribution < 1.29 is 27.6 Å². The first kappa shape index (κ1) is 18.7. The second-order valence-corrected chi connectivity index (χ2v) is 5.85. The van der Waals surface area contributed by atoms with Gasteiger partial charge < -0.3 is 4.74 Å². The molecule has 1 rings (SSSR count). The number of hydrogen-bond acceptors (Lipinski definition) is 4. The standard InChI is InChI=1S/C15H16F3NO4/c1-9(13(20)23-14(2,3)4)12(15(16,17)18)10-5-7-11(8-6-10)19(21)22/h5-8,12H,1H2,2-4H3. The maximum Gasteiger partial charge on any atom is 0.399 e. The molecule has 8 heteroatoms. The van der Waals surface area contributed by atoms with Crippen molar-refractivity contribution in [3.63, 3.8) is 0 Å². The summed E-state index contributed by atoms with van der Waals surface area (Å²) in [6, 6.07) is 3.78. The highest BCUT2D eigenvalue weighted by Crippen LogP contribution is 2.40. The number of carbonyl (C=O) groups excluding carboxylic acids is 1. The molecular formula is C15H16F3NO4. The van der Waals surface area contributed by atoms with E-state index in [1.54, 1.807) is 0 Å². The zero-order valence-corrected chi connectivity index (χ0v) is 12.8. The van der Waals surface area contributed by atoms with Gasteiger partial charge in [0.1, 0.15) is 11.5 Å². The monoisotopic (exact) mass is 331 g/mol. The molecule has 1 aromatic rings. The van der Waals surface area contributed by atoms with Crippen molar-refractivity contribution in [3.8, 4) is 0 Å². The fourth-order valence-electron chi connectivity index (χ4n) is 1.84. The number of ether oxygens (including phenoxy) is 1. The van der Waals surface area contributed by atoms with Crippen LogP contribution in [0.5, 0.6) is 0 Å². The number of rotatable bonds is 4. The molecule has 0 radical (unpaired) electrons. The number of benzene rings is 1. The Kier molecular flexibility index (Phi) is 5.19. The van der Waals surface area contributed by atoms with Gasteiger partial charge in [-0.25, -0.2) is 4.79 Å². The van der Waals surface area contributed by atoms with Crippen molar-refractivity contribution in [1.29, 1.82) is 0 Å². The summed E-state index contributed by atoms with van der Waals surface area (Å²) in [6.45, 7) is 7.77. The summed E-state index contributed by atoms with van der Waals surface area (Å²) >= 11 is 0. The molecule has 0 aromatic heterocycles. The van der Waals surface area contributed by atoms with Crippen molar-refractivity contribution >= 4 is 11.7 Å². The molecule has 0 aliphatic heterocycles. The van der Waals surface area contributed by atoms with Gasteiger partial charge in [-0.1, -0.05) is 18.7 Å². The number of nitrogens with zero attached hydrogens (tertiary/aromatic N) is 1. The van der Waals surface area contributed by atoms with Crippen LogP contribution in [0.3, 0.4) is 0 Å². The van der Waals surface area contributed by atoms with Crippen LogP contribution in [0.2, 0.25) is 0 Å². The van der Waals surface area contributed by atoms with Crippen LogP contribution in [0.1, 0.15) is 32.3 Å². The smallest absolute Gasteiger partial charge is 0.399 e. The van der Waals surface area contributed by atoms with E-state index in [1.807, 2.05) is 0 Å². The van der Waals surface area contributed by atoms with E-state index in [4.69, 9.17) is 4.74 Å². The zero-order chi connectivity index (χ0) is 18.0. The average Bonchev–Trinajstić information content (AvgIpc) is 2.35. The summed E-state index contributed by atoms with van der Waals surface area (Å²) in [6.07, 6.45) is -4.79. The molecule has 5 nitrogen and oxygen atoms in total. The number of non-ortho nitro benzene ring substituents is 1. The highest BCUT2D eigenvalue weighted by atomic mass is 19.4. The van der Waals surface area contributed by atoms with E-state index >= 15 is 0 Å². The maximum atomic E-state index is 13.3. The second kappa shape index (κ2) is 6.39. The van der Waals surface area contributed by atoms with Gasteiger partial charge in [0, 0.05) is 17.7 Å². The lowest BCUT2D eigenvalue weighted by Gasteiger charge is -2.25. The molecule has 0 saturated carbocycles. The summed E-state index contributed by atoms with van der Waals surface area (Å²) in [5.74, 6) is -3.46. The third-order valence-electron chi connectivity index (χ3n) is 2.77. The summed E-state index contributed by atoms with van der Waals surface area (Å²) in [5, 5.41) is 10.6. The van der Waals surface area contributed by atoms with Gasteiger partial charge in [-0.05, 0) is 26.3 Å². The van der Waals surface area contributed by atoms with Crippen LogP contribution in [0.15, 0.2) is 36.4 Å². The van der Waals surface area contributed by atoms with Crippen molar-refractivity contribution in [2.75, 3.05) is 0 Å². The number of nitro groups is 1. The Hall–Kier alpha value is -2.38. The Bertz CT molecular complexity index is 615. The predicted octanol–water partition coefficient (Wildman–Crippen LogP) is 4.14. The van der Waals surface area contributed by atoms with Gasteiger partial charge in [0.15, 0.2) is 0 Å². The van der Waals surface area contributed by atoms with Crippen LogP contribution in [0, 0.1) is 10.1 Å². The summed E-state index contributed by atoms with van der Waals surface area (Å²) in [4.78, 5) is 21.7. The topological polar surface area (TPSA) is 69.4 Å².